The van der Waals surface area contributed by atoms with Crippen molar-refractivity contribution in [1.29, 1.82) is 0 Å². The molecule has 0 aliphatic heterocycles. The number of rotatable bonds is 9. The van der Waals surface area contributed by atoms with E-state index < -0.39 is 5.91 Å². The lowest BCUT2D eigenvalue weighted by Crippen LogP contribution is -2.15. The number of para-hydroxylation sites is 2. The molecule has 3 N–H and O–H groups in total. The molecule has 7 nitrogen and oxygen atoms in total. The van der Waals surface area contributed by atoms with E-state index in [2.05, 4.69) is 10.4 Å². The quantitative estimate of drug-likeness (QED) is 0.496. The summed E-state index contributed by atoms with van der Waals surface area (Å²) in [4.78, 5) is 23.3. The molecule has 160 valence electrons. The number of aromatic nitrogens is 2. The highest BCUT2D eigenvalue weighted by Crippen LogP contribution is 2.25. The number of nitrogens with one attached hydrogen (secondary N) is 1. The van der Waals surface area contributed by atoms with Crippen LogP contribution in [0.25, 0.3) is 6.08 Å². The average molecular weight is 439 g/mol. The van der Waals surface area contributed by atoms with Crippen LogP contribution in [0, 0.1) is 6.92 Å². The minimum atomic E-state index is -0.454. The van der Waals surface area contributed by atoms with E-state index in [0.29, 0.717) is 28.7 Å². The second-order valence-electron chi connectivity index (χ2n) is 6.82. The van der Waals surface area contributed by atoms with Crippen molar-refractivity contribution in [3.05, 3.63) is 82.6 Å². The molecule has 0 saturated heterocycles. The predicted octanol–water partition coefficient (Wildman–Crippen LogP) is 3.80. The van der Waals surface area contributed by atoms with Gasteiger partial charge in [-0.15, -0.1) is 0 Å². The van der Waals surface area contributed by atoms with Crippen LogP contribution in [-0.4, -0.2) is 28.2 Å². The lowest BCUT2D eigenvalue weighted by Gasteiger charge is -2.10. The number of benzene rings is 2. The van der Waals surface area contributed by atoms with Crippen molar-refractivity contribution in [1.82, 2.24) is 9.78 Å². The zero-order valence-corrected chi connectivity index (χ0v) is 17.8. The Morgan fingerprint density at radius 1 is 1.16 bits per heavy atom. The van der Waals surface area contributed by atoms with Crippen molar-refractivity contribution in [2.75, 3.05) is 11.9 Å². The van der Waals surface area contributed by atoms with E-state index >= 15 is 0 Å². The highest BCUT2D eigenvalue weighted by atomic mass is 35.5. The van der Waals surface area contributed by atoms with Crippen LogP contribution in [-0.2, 0) is 16.1 Å². The Balaban J connectivity index is 1.68. The monoisotopic (exact) mass is 438 g/mol. The van der Waals surface area contributed by atoms with Crippen molar-refractivity contribution >= 4 is 35.2 Å². The molecule has 0 atom stereocenters. The number of primary amides is 1. The smallest absolute Gasteiger partial charge is 0.248 e. The summed E-state index contributed by atoms with van der Waals surface area (Å²) in [5.74, 6) is -0.350. The number of hydrogen-bond acceptors (Lipinski definition) is 4. The van der Waals surface area contributed by atoms with E-state index in [1.54, 1.807) is 35.0 Å². The number of anilines is 1. The molecular formula is C23H23ClN4O3. The van der Waals surface area contributed by atoms with Crippen LogP contribution in [0.5, 0.6) is 5.75 Å². The molecule has 1 heterocycles. The van der Waals surface area contributed by atoms with Crippen molar-refractivity contribution in [2.24, 2.45) is 5.73 Å². The standard InChI is InChI=1S/C23H23ClN4O3/c1-16-18(23(24)28(27-16)15-17-7-3-2-4-8-17)11-12-22(30)26-19-9-5-6-10-20(19)31-14-13-21(25)29/h2-12H,13-15H2,1H3,(H2,25,29)(H,26,30). The Kier molecular flexibility index (Phi) is 7.45. The predicted molar refractivity (Wildman–Crippen MR) is 121 cm³/mol. The van der Waals surface area contributed by atoms with E-state index in [9.17, 15) is 9.59 Å². The van der Waals surface area contributed by atoms with Gasteiger partial charge in [-0.3, -0.25) is 9.59 Å². The van der Waals surface area contributed by atoms with Gasteiger partial charge in [-0.2, -0.15) is 5.10 Å². The number of amides is 2. The summed E-state index contributed by atoms with van der Waals surface area (Å²) in [5.41, 5.74) is 8.09. The first kappa shape index (κ1) is 22.1. The number of carbonyl (C=O) groups excluding carboxylic acids is 2. The fourth-order valence-corrected chi connectivity index (χ4v) is 3.21. The molecule has 31 heavy (non-hydrogen) atoms. The maximum absolute atomic E-state index is 12.4. The first-order valence-electron chi connectivity index (χ1n) is 9.70. The van der Waals surface area contributed by atoms with E-state index in [-0.39, 0.29) is 18.9 Å². The van der Waals surface area contributed by atoms with Gasteiger partial charge in [0.05, 0.1) is 31.0 Å². The Bertz CT molecular complexity index is 1090. The molecule has 0 fully saturated rings. The van der Waals surface area contributed by atoms with Gasteiger partial charge in [-0.1, -0.05) is 54.1 Å². The van der Waals surface area contributed by atoms with Gasteiger partial charge in [0.25, 0.3) is 0 Å². The molecule has 3 aromatic rings. The maximum atomic E-state index is 12.4. The van der Waals surface area contributed by atoms with Gasteiger partial charge in [0.2, 0.25) is 11.8 Å². The van der Waals surface area contributed by atoms with Crippen LogP contribution >= 0.6 is 11.6 Å². The summed E-state index contributed by atoms with van der Waals surface area (Å²) in [6.45, 7) is 2.51. The van der Waals surface area contributed by atoms with Crippen LogP contribution in [0.4, 0.5) is 5.69 Å². The van der Waals surface area contributed by atoms with Gasteiger partial charge >= 0.3 is 0 Å². The SMILES string of the molecule is Cc1nn(Cc2ccccc2)c(Cl)c1C=CC(=O)Nc1ccccc1OCCC(N)=O. The molecule has 0 aliphatic rings. The van der Waals surface area contributed by atoms with Crippen LogP contribution in [0.1, 0.15) is 23.2 Å². The topological polar surface area (TPSA) is 99.2 Å². The fourth-order valence-electron chi connectivity index (χ4n) is 2.91. The third kappa shape index (κ3) is 6.20. The minimum Gasteiger partial charge on any atom is -0.491 e. The first-order chi connectivity index (χ1) is 14.9. The first-order valence-corrected chi connectivity index (χ1v) is 10.1. The minimum absolute atomic E-state index is 0.0902. The largest absolute Gasteiger partial charge is 0.491 e. The third-order valence-corrected chi connectivity index (χ3v) is 4.84. The zero-order valence-electron chi connectivity index (χ0n) is 17.0. The lowest BCUT2D eigenvalue weighted by atomic mass is 10.2. The number of nitrogens with two attached hydrogens (primary N) is 1. The Morgan fingerprint density at radius 3 is 2.61 bits per heavy atom. The van der Waals surface area contributed by atoms with Crippen LogP contribution in [0.3, 0.4) is 0 Å². The molecule has 0 radical (unpaired) electrons. The molecule has 0 saturated carbocycles. The summed E-state index contributed by atoms with van der Waals surface area (Å²) in [7, 11) is 0. The Labute approximate surface area is 185 Å². The number of ether oxygens (including phenoxy) is 1. The van der Waals surface area contributed by atoms with E-state index in [1.807, 2.05) is 37.3 Å². The number of halogens is 1. The van der Waals surface area contributed by atoms with Gasteiger partial charge in [0.1, 0.15) is 10.9 Å². The molecule has 0 bridgehead atoms. The molecule has 2 amide bonds. The molecule has 3 rings (SSSR count). The summed E-state index contributed by atoms with van der Waals surface area (Å²) in [5, 5.41) is 7.70. The number of carbonyl (C=O) groups is 2. The lowest BCUT2D eigenvalue weighted by molar-refractivity contribution is -0.118. The van der Waals surface area contributed by atoms with Gasteiger partial charge in [0, 0.05) is 11.6 Å². The van der Waals surface area contributed by atoms with E-state index in [4.69, 9.17) is 22.1 Å². The molecule has 0 aliphatic carbocycles. The summed E-state index contributed by atoms with van der Waals surface area (Å²) < 4.78 is 7.24. The van der Waals surface area contributed by atoms with Crippen molar-refractivity contribution < 1.29 is 14.3 Å². The maximum Gasteiger partial charge on any atom is 0.248 e. The molecule has 8 heteroatoms. The molecule has 1 aromatic heterocycles. The summed E-state index contributed by atoms with van der Waals surface area (Å²) >= 11 is 6.49. The van der Waals surface area contributed by atoms with Gasteiger partial charge in [0.15, 0.2) is 0 Å². The number of nitrogens with zero attached hydrogens (tertiary/aromatic N) is 2. The van der Waals surface area contributed by atoms with Crippen molar-refractivity contribution in [2.45, 2.75) is 19.9 Å². The zero-order chi connectivity index (χ0) is 22.2. The van der Waals surface area contributed by atoms with Crippen molar-refractivity contribution in [3.8, 4) is 5.75 Å². The average Bonchev–Trinajstić information content (AvgIpc) is 3.01. The van der Waals surface area contributed by atoms with Crippen LogP contribution in [0.15, 0.2) is 60.7 Å². The second-order valence-corrected chi connectivity index (χ2v) is 7.17. The third-order valence-electron chi connectivity index (χ3n) is 4.44. The summed E-state index contributed by atoms with van der Waals surface area (Å²) in [6.07, 6.45) is 3.12. The van der Waals surface area contributed by atoms with E-state index in [1.165, 1.54) is 6.08 Å². The summed E-state index contributed by atoms with van der Waals surface area (Å²) in [6, 6.07) is 16.8. The molecule has 2 aromatic carbocycles. The Hall–Kier alpha value is -3.58. The Morgan fingerprint density at radius 2 is 1.87 bits per heavy atom. The number of aryl methyl sites for hydroxylation is 1. The second kappa shape index (κ2) is 10.4. The molecule has 0 unspecified atom stereocenters. The highest BCUT2D eigenvalue weighted by molar-refractivity contribution is 6.31. The van der Waals surface area contributed by atoms with Gasteiger partial charge in [-0.25, -0.2) is 4.68 Å². The molecule has 0 spiro atoms. The van der Waals surface area contributed by atoms with E-state index in [0.717, 1.165) is 11.3 Å². The van der Waals surface area contributed by atoms with Crippen molar-refractivity contribution in [3.63, 3.8) is 0 Å². The highest BCUT2D eigenvalue weighted by Gasteiger charge is 2.12. The van der Waals surface area contributed by atoms with Gasteiger partial charge in [-0.05, 0) is 30.7 Å². The van der Waals surface area contributed by atoms with Gasteiger partial charge < -0.3 is 15.8 Å². The van der Waals surface area contributed by atoms with Crippen LogP contribution < -0.4 is 15.8 Å². The fraction of sp³-hybridized carbons (Fsp3) is 0.174. The number of hydrogen-bond donors (Lipinski definition) is 2. The van der Waals surface area contributed by atoms with Crippen LogP contribution in [0.2, 0.25) is 5.15 Å². The normalized spacial score (nSPS) is 10.9. The molecular weight excluding hydrogens is 416 g/mol.